The summed E-state index contributed by atoms with van der Waals surface area (Å²) in [6.07, 6.45) is 4.98. The van der Waals surface area contributed by atoms with Crippen LogP contribution in [0.25, 0.3) is 0 Å². The highest BCUT2D eigenvalue weighted by atomic mass is 28.4. The Kier molecular flexibility index (Phi) is 9.07. The topological polar surface area (TPSA) is 53.7 Å². The van der Waals surface area contributed by atoms with E-state index in [0.717, 1.165) is 0 Å². The van der Waals surface area contributed by atoms with Crippen molar-refractivity contribution in [2.45, 2.75) is 6.04 Å². The molecule has 0 fully saturated rings. The summed E-state index contributed by atoms with van der Waals surface area (Å²) in [4.78, 5) is 0. The molecule has 0 aromatic carbocycles. The highest BCUT2D eigenvalue weighted by Crippen LogP contribution is 2.15. The average Bonchev–Trinajstić information content (AvgIpc) is 2.31. The summed E-state index contributed by atoms with van der Waals surface area (Å²) in [5.74, 6) is 0. The first-order chi connectivity index (χ1) is 7.74. The Labute approximate surface area is 98.8 Å². The third-order valence-electron chi connectivity index (χ3n) is 1.71. The van der Waals surface area contributed by atoms with Crippen LogP contribution in [0.2, 0.25) is 6.04 Å². The molecule has 0 aliphatic rings. The zero-order valence-corrected chi connectivity index (χ0v) is 10.7. The van der Waals surface area contributed by atoms with Crippen LogP contribution in [0.15, 0.2) is 38.0 Å². The maximum absolute atomic E-state index is 5.62. The van der Waals surface area contributed by atoms with Gasteiger partial charge < -0.3 is 19.0 Å². The molecule has 0 unspecified atom stereocenters. The van der Waals surface area contributed by atoms with E-state index in [0.29, 0.717) is 32.4 Å². The van der Waals surface area contributed by atoms with E-state index in [1.807, 2.05) is 0 Å². The maximum Gasteiger partial charge on any atom is 0.503 e. The van der Waals surface area contributed by atoms with Crippen molar-refractivity contribution in [2.24, 2.45) is 5.73 Å². The zero-order chi connectivity index (χ0) is 12.3. The molecule has 0 spiro atoms. The van der Waals surface area contributed by atoms with Crippen molar-refractivity contribution in [3.63, 3.8) is 0 Å². The van der Waals surface area contributed by atoms with Crippen LogP contribution >= 0.6 is 0 Å². The largest absolute Gasteiger partial charge is 0.503 e. The number of nitrogens with two attached hydrogens (primary N) is 1. The Balaban J connectivity index is 4.48. The lowest BCUT2D eigenvalue weighted by Gasteiger charge is -2.28. The highest BCUT2D eigenvalue weighted by Gasteiger charge is 2.39. The van der Waals surface area contributed by atoms with E-state index >= 15 is 0 Å². The Morgan fingerprint density at radius 2 is 1.25 bits per heavy atom. The van der Waals surface area contributed by atoms with Gasteiger partial charge in [0.05, 0.1) is 19.8 Å². The average molecular weight is 243 g/mol. The van der Waals surface area contributed by atoms with Crippen molar-refractivity contribution >= 4 is 8.80 Å². The first-order valence-corrected chi connectivity index (χ1v) is 7.12. The van der Waals surface area contributed by atoms with Crippen LogP contribution in [0, 0.1) is 0 Å². The monoisotopic (exact) mass is 243 g/mol. The van der Waals surface area contributed by atoms with Gasteiger partial charge >= 0.3 is 8.80 Å². The molecule has 0 heterocycles. The summed E-state index contributed by atoms with van der Waals surface area (Å²) in [5.41, 5.74) is 5.55. The lowest BCUT2D eigenvalue weighted by Crippen LogP contribution is -2.47. The molecule has 0 aromatic heterocycles. The third-order valence-corrected chi connectivity index (χ3v) is 4.43. The Bertz CT molecular complexity index is 190. The molecule has 0 bridgehead atoms. The van der Waals surface area contributed by atoms with Crippen LogP contribution in [0.3, 0.4) is 0 Å². The molecule has 0 rings (SSSR count). The molecule has 0 radical (unpaired) electrons. The van der Waals surface area contributed by atoms with E-state index in [4.69, 9.17) is 19.0 Å². The summed E-state index contributed by atoms with van der Waals surface area (Å²) in [6, 6.07) is 0.572. The van der Waals surface area contributed by atoms with Crippen molar-refractivity contribution in [3.8, 4) is 0 Å². The van der Waals surface area contributed by atoms with Crippen LogP contribution in [0.4, 0.5) is 0 Å². The van der Waals surface area contributed by atoms with Gasteiger partial charge in [-0.2, -0.15) is 0 Å². The smallest absolute Gasteiger partial charge is 0.370 e. The summed E-state index contributed by atoms with van der Waals surface area (Å²) in [6.45, 7) is 12.4. The van der Waals surface area contributed by atoms with Crippen LogP contribution in [-0.2, 0) is 13.3 Å². The SMILES string of the molecule is C=CCO[Si](CCN)(OCC=C)OCC=C. The van der Waals surface area contributed by atoms with Gasteiger partial charge in [0.15, 0.2) is 0 Å². The summed E-state index contributed by atoms with van der Waals surface area (Å²) < 4.78 is 16.9. The maximum atomic E-state index is 5.62. The zero-order valence-electron chi connectivity index (χ0n) is 9.69. The standard InChI is InChI=1S/C11H21NO3Si/c1-4-8-13-16(11-7-12,14-9-5-2)15-10-6-3/h4-6H,1-3,7-12H2. The van der Waals surface area contributed by atoms with E-state index in [2.05, 4.69) is 19.7 Å². The Hall–Kier alpha value is -0.723. The van der Waals surface area contributed by atoms with Gasteiger partial charge in [-0.3, -0.25) is 0 Å². The minimum atomic E-state index is -2.70. The van der Waals surface area contributed by atoms with Crippen LogP contribution in [0.5, 0.6) is 0 Å². The van der Waals surface area contributed by atoms with E-state index in [-0.39, 0.29) is 0 Å². The fourth-order valence-corrected chi connectivity index (χ4v) is 3.23. The summed E-state index contributed by atoms with van der Waals surface area (Å²) in [5, 5.41) is 0. The van der Waals surface area contributed by atoms with E-state index in [1.54, 1.807) is 18.2 Å². The molecule has 0 saturated carbocycles. The van der Waals surface area contributed by atoms with Crippen molar-refractivity contribution in [2.75, 3.05) is 26.4 Å². The second-order valence-electron chi connectivity index (χ2n) is 3.02. The molecule has 0 saturated heterocycles. The fourth-order valence-electron chi connectivity index (χ4n) is 1.08. The second kappa shape index (κ2) is 9.50. The number of hydrogen-bond acceptors (Lipinski definition) is 4. The van der Waals surface area contributed by atoms with Crippen molar-refractivity contribution in [1.29, 1.82) is 0 Å². The Morgan fingerprint density at radius 1 is 0.875 bits per heavy atom. The van der Waals surface area contributed by atoms with E-state index in [9.17, 15) is 0 Å². The van der Waals surface area contributed by atoms with E-state index in [1.165, 1.54) is 0 Å². The molecule has 0 aromatic rings. The molecule has 92 valence electrons. The van der Waals surface area contributed by atoms with Gasteiger partial charge in [0.1, 0.15) is 0 Å². The first kappa shape index (κ1) is 15.3. The molecule has 0 aliphatic heterocycles. The van der Waals surface area contributed by atoms with Crippen molar-refractivity contribution in [1.82, 2.24) is 0 Å². The predicted octanol–water partition coefficient (Wildman–Crippen LogP) is 1.49. The second-order valence-corrected chi connectivity index (χ2v) is 5.75. The van der Waals surface area contributed by atoms with Gasteiger partial charge in [0, 0.05) is 6.04 Å². The minimum Gasteiger partial charge on any atom is -0.370 e. The lowest BCUT2D eigenvalue weighted by atomic mass is 10.7. The molecule has 0 atom stereocenters. The minimum absolute atomic E-state index is 0.389. The molecule has 16 heavy (non-hydrogen) atoms. The predicted molar refractivity (Wildman–Crippen MR) is 68.1 cm³/mol. The molecule has 0 aliphatic carbocycles. The molecule has 4 nitrogen and oxygen atoms in total. The van der Waals surface area contributed by atoms with Gasteiger partial charge in [-0.25, -0.2) is 0 Å². The van der Waals surface area contributed by atoms with Crippen LogP contribution in [-0.4, -0.2) is 35.2 Å². The molecular formula is C11H21NO3Si. The van der Waals surface area contributed by atoms with Crippen molar-refractivity contribution in [3.05, 3.63) is 38.0 Å². The molecule has 2 N–H and O–H groups in total. The van der Waals surface area contributed by atoms with Gasteiger partial charge in [-0.05, 0) is 6.54 Å². The fraction of sp³-hybridized carbons (Fsp3) is 0.455. The third kappa shape index (κ3) is 5.99. The quantitative estimate of drug-likeness (QED) is 0.441. The van der Waals surface area contributed by atoms with Gasteiger partial charge in [0.25, 0.3) is 0 Å². The first-order valence-electron chi connectivity index (χ1n) is 5.19. The summed E-state index contributed by atoms with van der Waals surface area (Å²) in [7, 11) is -2.70. The number of hydrogen-bond donors (Lipinski definition) is 1. The molecule has 5 heteroatoms. The van der Waals surface area contributed by atoms with Gasteiger partial charge in [-0.15, -0.1) is 19.7 Å². The molecule has 0 amide bonds. The van der Waals surface area contributed by atoms with Crippen LogP contribution in [0.1, 0.15) is 0 Å². The van der Waals surface area contributed by atoms with Gasteiger partial charge in [-0.1, -0.05) is 18.2 Å². The lowest BCUT2D eigenvalue weighted by molar-refractivity contribution is 0.0867. The Morgan fingerprint density at radius 3 is 1.50 bits per heavy atom. The van der Waals surface area contributed by atoms with E-state index < -0.39 is 8.80 Å². The van der Waals surface area contributed by atoms with Gasteiger partial charge in [0.2, 0.25) is 0 Å². The number of rotatable bonds is 11. The van der Waals surface area contributed by atoms with Crippen molar-refractivity contribution < 1.29 is 13.3 Å². The highest BCUT2D eigenvalue weighted by molar-refractivity contribution is 6.60. The molecular weight excluding hydrogens is 222 g/mol. The summed E-state index contributed by atoms with van der Waals surface area (Å²) >= 11 is 0. The normalized spacial score (nSPS) is 11.1. The van der Waals surface area contributed by atoms with Crippen LogP contribution < -0.4 is 5.73 Å².